The Labute approximate surface area is 190 Å². The summed E-state index contributed by atoms with van der Waals surface area (Å²) in [5.41, 5.74) is 4.15. The molecule has 0 radical (unpaired) electrons. The van der Waals surface area contributed by atoms with Gasteiger partial charge in [-0.25, -0.2) is 0 Å². The summed E-state index contributed by atoms with van der Waals surface area (Å²) < 4.78 is 6.17. The van der Waals surface area contributed by atoms with E-state index < -0.39 is 11.7 Å². The number of furan rings is 1. The first kappa shape index (κ1) is 21.2. The Hall–Kier alpha value is -3.62. The summed E-state index contributed by atoms with van der Waals surface area (Å²) in [6.07, 6.45) is 5.05. The lowest BCUT2D eigenvalue weighted by molar-refractivity contribution is 0.00550. The zero-order valence-corrected chi connectivity index (χ0v) is 18.4. The maximum atomic E-state index is 12.4. The van der Waals surface area contributed by atoms with Crippen molar-refractivity contribution in [2.24, 2.45) is 0 Å². The van der Waals surface area contributed by atoms with Gasteiger partial charge in [-0.15, -0.1) is 0 Å². The van der Waals surface area contributed by atoms with Crippen LogP contribution in [0.4, 0.5) is 0 Å². The molecule has 0 saturated carbocycles. The normalized spacial score (nSPS) is 14.5. The smallest absolute Gasteiger partial charge is 0.272 e. The number of amides is 1. The van der Waals surface area contributed by atoms with Crippen molar-refractivity contribution in [3.8, 4) is 22.5 Å². The van der Waals surface area contributed by atoms with Crippen LogP contribution in [-0.2, 0) is 6.42 Å². The Kier molecular flexibility index (Phi) is 5.19. The van der Waals surface area contributed by atoms with Gasteiger partial charge in [0, 0.05) is 61.0 Å². The number of nitrogens with zero attached hydrogens (tertiary/aromatic N) is 4. The number of carbonyl (C=O) groups is 1. The first-order chi connectivity index (χ1) is 15.8. The molecule has 168 valence electrons. The van der Waals surface area contributed by atoms with E-state index >= 15 is 0 Å². The largest absolute Gasteiger partial charge is 0.454 e. The minimum absolute atomic E-state index is 0.194. The molecule has 0 unspecified atom stereocenters. The van der Waals surface area contributed by atoms with Crippen LogP contribution in [0.5, 0.6) is 0 Å². The first-order valence-electron chi connectivity index (χ1n) is 10.8. The predicted octanol–water partition coefficient (Wildman–Crippen LogP) is 3.08. The third-order valence-corrected chi connectivity index (χ3v) is 5.57. The van der Waals surface area contributed by atoms with Crippen LogP contribution in [-0.4, -0.2) is 60.8 Å². The molecule has 0 bridgehead atoms. The van der Waals surface area contributed by atoms with Gasteiger partial charge in [-0.3, -0.25) is 19.7 Å². The van der Waals surface area contributed by atoms with Crippen LogP contribution in [0, 0.1) is 0 Å². The third kappa shape index (κ3) is 4.35. The Morgan fingerprint density at radius 3 is 2.58 bits per heavy atom. The van der Waals surface area contributed by atoms with Crippen molar-refractivity contribution in [1.82, 2.24) is 19.9 Å². The average Bonchev–Trinajstić information content (AvgIpc) is 3.20. The molecule has 0 aliphatic carbocycles. The van der Waals surface area contributed by atoms with E-state index in [1.807, 2.05) is 24.3 Å². The van der Waals surface area contributed by atoms with Gasteiger partial charge in [0.05, 0.1) is 11.7 Å². The van der Waals surface area contributed by atoms with Crippen molar-refractivity contribution >= 4 is 17.0 Å². The number of aliphatic hydroxyl groups excluding tert-OH is 1. The van der Waals surface area contributed by atoms with E-state index in [4.69, 9.17) is 4.42 Å². The number of aromatic nitrogens is 3. The zero-order chi connectivity index (χ0) is 23.2. The minimum atomic E-state index is -0.854. The van der Waals surface area contributed by atoms with E-state index in [9.17, 15) is 15.0 Å². The second-order valence-corrected chi connectivity index (χ2v) is 9.00. The van der Waals surface area contributed by atoms with E-state index in [1.54, 1.807) is 49.5 Å². The van der Waals surface area contributed by atoms with Gasteiger partial charge in [0.1, 0.15) is 17.0 Å². The summed E-state index contributed by atoms with van der Waals surface area (Å²) in [4.78, 5) is 27.0. The number of carbonyl (C=O) groups excluding carboxylic acids is 1. The van der Waals surface area contributed by atoms with E-state index in [0.717, 1.165) is 22.4 Å². The van der Waals surface area contributed by atoms with Crippen LogP contribution in [0.2, 0.25) is 0 Å². The number of likely N-dealkylation sites (tertiary alicyclic amines) is 1. The number of fused-ring (bicyclic) bond motifs is 1. The molecule has 1 amide bonds. The molecule has 2 N–H and O–H groups in total. The van der Waals surface area contributed by atoms with Crippen LogP contribution in [0.25, 0.3) is 33.6 Å². The molecule has 4 aromatic rings. The number of aliphatic hydroxyl groups is 2. The highest BCUT2D eigenvalue weighted by atomic mass is 16.3. The quantitative estimate of drug-likeness (QED) is 0.486. The van der Waals surface area contributed by atoms with Crippen LogP contribution in [0.3, 0.4) is 0 Å². The summed E-state index contributed by atoms with van der Waals surface area (Å²) in [6.45, 7) is 4.19. The lowest BCUT2D eigenvalue weighted by atomic mass is 9.99. The standard InChI is InChI=1S/C25H24N4O4/c1-25(2,32)11-17-9-15(5-7-26-17)19-6-8-27-21-10-22(33-23(19)21)16-3-4-20(28-12-16)24(31)29-13-18(30)14-29/h3-10,12,18,30,32H,11,13-14H2,1-2H3. The highest BCUT2D eigenvalue weighted by molar-refractivity contribution is 5.94. The monoisotopic (exact) mass is 444 g/mol. The van der Waals surface area contributed by atoms with Gasteiger partial charge in [-0.05, 0) is 49.7 Å². The Balaban J connectivity index is 1.45. The maximum Gasteiger partial charge on any atom is 0.272 e. The summed E-state index contributed by atoms with van der Waals surface area (Å²) >= 11 is 0. The molecular weight excluding hydrogens is 420 g/mol. The second kappa shape index (κ2) is 8.06. The van der Waals surface area contributed by atoms with Crippen LogP contribution >= 0.6 is 0 Å². The van der Waals surface area contributed by atoms with Gasteiger partial charge < -0.3 is 19.5 Å². The first-order valence-corrected chi connectivity index (χ1v) is 10.8. The van der Waals surface area contributed by atoms with Crippen LogP contribution in [0.1, 0.15) is 30.0 Å². The molecule has 8 nitrogen and oxygen atoms in total. The number of hydrogen-bond donors (Lipinski definition) is 2. The molecular formula is C25H24N4O4. The Morgan fingerprint density at radius 2 is 1.88 bits per heavy atom. The van der Waals surface area contributed by atoms with Gasteiger partial charge in [-0.1, -0.05) is 0 Å². The maximum absolute atomic E-state index is 12.4. The highest BCUT2D eigenvalue weighted by Crippen LogP contribution is 2.33. The predicted molar refractivity (Wildman–Crippen MR) is 122 cm³/mol. The summed E-state index contributed by atoms with van der Waals surface area (Å²) in [7, 11) is 0. The van der Waals surface area contributed by atoms with Crippen molar-refractivity contribution in [2.75, 3.05) is 13.1 Å². The van der Waals surface area contributed by atoms with Gasteiger partial charge in [0.25, 0.3) is 5.91 Å². The molecule has 1 aliphatic rings. The lowest BCUT2D eigenvalue weighted by Crippen LogP contribution is -2.53. The topological polar surface area (TPSA) is 113 Å². The van der Waals surface area contributed by atoms with Crippen molar-refractivity contribution < 1.29 is 19.4 Å². The summed E-state index contributed by atoms with van der Waals surface area (Å²) in [6, 6.07) is 11.0. The van der Waals surface area contributed by atoms with Gasteiger partial charge in [-0.2, -0.15) is 0 Å². The molecule has 33 heavy (non-hydrogen) atoms. The van der Waals surface area contributed by atoms with E-state index in [0.29, 0.717) is 42.1 Å². The average molecular weight is 444 g/mol. The molecule has 5 rings (SSSR count). The zero-order valence-electron chi connectivity index (χ0n) is 18.4. The number of rotatable bonds is 5. The van der Waals surface area contributed by atoms with Crippen molar-refractivity contribution in [1.29, 1.82) is 0 Å². The fraction of sp³-hybridized carbons (Fsp3) is 0.280. The number of β-amino-alcohol motifs (C(OH)–C–C–N with tert-alkyl or cyclic N) is 1. The Morgan fingerprint density at radius 1 is 1.09 bits per heavy atom. The summed E-state index contributed by atoms with van der Waals surface area (Å²) in [5.74, 6) is 0.404. The van der Waals surface area contributed by atoms with Crippen molar-refractivity contribution in [2.45, 2.75) is 32.0 Å². The number of pyridine rings is 3. The van der Waals surface area contributed by atoms with Gasteiger partial charge >= 0.3 is 0 Å². The number of hydrogen-bond acceptors (Lipinski definition) is 7. The van der Waals surface area contributed by atoms with Crippen molar-refractivity contribution in [3.05, 3.63) is 66.4 Å². The van der Waals surface area contributed by atoms with E-state index in [1.165, 1.54) is 0 Å². The molecule has 1 fully saturated rings. The molecule has 8 heteroatoms. The SMILES string of the molecule is CC(C)(O)Cc1cc(-c2ccnc3cc(-c4ccc(C(=O)N5CC(O)C5)nc4)oc23)ccn1. The third-order valence-electron chi connectivity index (χ3n) is 5.57. The van der Waals surface area contributed by atoms with E-state index in [-0.39, 0.29) is 5.91 Å². The molecule has 0 aromatic carbocycles. The fourth-order valence-electron chi connectivity index (χ4n) is 3.94. The van der Waals surface area contributed by atoms with Gasteiger partial charge in [0.2, 0.25) is 0 Å². The molecule has 1 saturated heterocycles. The molecule has 1 aliphatic heterocycles. The van der Waals surface area contributed by atoms with Crippen molar-refractivity contribution in [3.63, 3.8) is 0 Å². The Bertz CT molecular complexity index is 1320. The van der Waals surface area contributed by atoms with Gasteiger partial charge in [0.15, 0.2) is 5.58 Å². The molecule has 0 atom stereocenters. The van der Waals surface area contributed by atoms with Crippen LogP contribution < -0.4 is 0 Å². The minimum Gasteiger partial charge on any atom is -0.454 e. The highest BCUT2D eigenvalue weighted by Gasteiger charge is 2.30. The van der Waals surface area contributed by atoms with E-state index in [2.05, 4.69) is 15.0 Å². The second-order valence-electron chi connectivity index (χ2n) is 9.00. The molecule has 5 heterocycles. The van der Waals surface area contributed by atoms with Crippen LogP contribution in [0.15, 0.2) is 59.4 Å². The lowest BCUT2D eigenvalue weighted by Gasteiger charge is -2.35. The molecule has 0 spiro atoms. The molecule has 4 aromatic heterocycles. The summed E-state index contributed by atoms with van der Waals surface area (Å²) in [5, 5.41) is 19.5. The fourth-order valence-corrected chi connectivity index (χ4v) is 3.94.